The van der Waals surface area contributed by atoms with Gasteiger partial charge in [-0.3, -0.25) is 0 Å². The van der Waals surface area contributed by atoms with Crippen LogP contribution in [0, 0.1) is 0 Å². The molecule has 3 atom stereocenters. The maximum absolute atomic E-state index is 5.99. The van der Waals surface area contributed by atoms with E-state index < -0.39 is 0 Å². The molecule has 0 aromatic rings. The average molecular weight is 187 g/mol. The Balaban J connectivity index is 2.57. The molecule has 0 aromatic carbocycles. The fourth-order valence-corrected chi connectivity index (χ4v) is 1.71. The van der Waals surface area contributed by atoms with Crippen molar-refractivity contribution in [3.63, 3.8) is 0 Å². The third kappa shape index (κ3) is 2.42. The van der Waals surface area contributed by atoms with E-state index in [4.69, 9.17) is 9.47 Å². The summed E-state index contributed by atoms with van der Waals surface area (Å²) in [7, 11) is 1.73. The van der Waals surface area contributed by atoms with Gasteiger partial charge < -0.3 is 14.8 Å². The van der Waals surface area contributed by atoms with E-state index in [2.05, 4.69) is 26.1 Å². The summed E-state index contributed by atoms with van der Waals surface area (Å²) in [5.41, 5.74) is -0.110. The molecule has 0 aromatic heterocycles. The van der Waals surface area contributed by atoms with Gasteiger partial charge in [-0.15, -0.1) is 0 Å². The first kappa shape index (κ1) is 11.0. The second kappa shape index (κ2) is 4.40. The molecule has 3 unspecified atom stereocenters. The molecule has 0 bridgehead atoms. The highest BCUT2D eigenvalue weighted by Crippen LogP contribution is 2.23. The Labute approximate surface area is 80.8 Å². The highest BCUT2D eigenvalue weighted by Gasteiger charge is 2.37. The van der Waals surface area contributed by atoms with Crippen LogP contribution in [0.5, 0.6) is 0 Å². The molecule has 1 aliphatic rings. The van der Waals surface area contributed by atoms with Crippen LogP contribution in [-0.4, -0.2) is 38.0 Å². The maximum atomic E-state index is 5.99. The van der Waals surface area contributed by atoms with E-state index in [9.17, 15) is 0 Å². The number of rotatable bonds is 3. The number of hydrogen-bond donors (Lipinski definition) is 1. The van der Waals surface area contributed by atoms with Gasteiger partial charge in [-0.05, 0) is 20.3 Å². The molecule has 1 rings (SSSR count). The van der Waals surface area contributed by atoms with E-state index in [0.717, 1.165) is 13.0 Å². The summed E-state index contributed by atoms with van der Waals surface area (Å²) in [6.07, 6.45) is 1.26. The van der Waals surface area contributed by atoms with Crippen LogP contribution >= 0.6 is 0 Å². The number of nitrogens with one attached hydrogen (secondary N) is 1. The van der Waals surface area contributed by atoms with Gasteiger partial charge in [-0.25, -0.2) is 0 Å². The molecular formula is C10H21NO2. The molecular weight excluding hydrogens is 166 g/mol. The molecule has 1 heterocycles. The van der Waals surface area contributed by atoms with Gasteiger partial charge in [0.1, 0.15) is 5.60 Å². The van der Waals surface area contributed by atoms with E-state index in [1.54, 1.807) is 7.11 Å². The van der Waals surface area contributed by atoms with Gasteiger partial charge >= 0.3 is 0 Å². The zero-order valence-electron chi connectivity index (χ0n) is 9.09. The average Bonchev–Trinajstić information content (AvgIpc) is 2.12. The number of morpholine rings is 1. The molecule has 1 N–H and O–H groups in total. The van der Waals surface area contributed by atoms with E-state index in [-0.39, 0.29) is 11.7 Å². The SMILES string of the molecule is CCC1(COC)CNC(C)C(C)O1. The van der Waals surface area contributed by atoms with Crippen LogP contribution in [0.4, 0.5) is 0 Å². The summed E-state index contributed by atoms with van der Waals surface area (Å²) in [5, 5.41) is 3.45. The fraction of sp³-hybridized carbons (Fsp3) is 1.00. The molecule has 1 fully saturated rings. The maximum Gasteiger partial charge on any atom is 0.104 e. The third-order valence-corrected chi connectivity index (χ3v) is 2.94. The van der Waals surface area contributed by atoms with Crippen LogP contribution in [0.3, 0.4) is 0 Å². The molecule has 0 saturated carbocycles. The van der Waals surface area contributed by atoms with E-state index in [1.807, 2.05) is 0 Å². The summed E-state index contributed by atoms with van der Waals surface area (Å²) in [6.45, 7) is 7.97. The fourth-order valence-electron chi connectivity index (χ4n) is 1.71. The second-order valence-corrected chi connectivity index (χ2v) is 3.96. The Morgan fingerprint density at radius 2 is 2.23 bits per heavy atom. The summed E-state index contributed by atoms with van der Waals surface area (Å²) < 4.78 is 11.2. The first-order valence-electron chi connectivity index (χ1n) is 5.03. The van der Waals surface area contributed by atoms with Gasteiger partial charge in [0.25, 0.3) is 0 Å². The van der Waals surface area contributed by atoms with Crippen molar-refractivity contribution in [1.82, 2.24) is 5.32 Å². The summed E-state index contributed by atoms with van der Waals surface area (Å²) in [5.74, 6) is 0. The summed E-state index contributed by atoms with van der Waals surface area (Å²) >= 11 is 0. The van der Waals surface area contributed by atoms with Crippen molar-refractivity contribution in [2.24, 2.45) is 0 Å². The van der Waals surface area contributed by atoms with Gasteiger partial charge in [0.2, 0.25) is 0 Å². The Hall–Kier alpha value is -0.120. The van der Waals surface area contributed by atoms with Gasteiger partial charge in [0, 0.05) is 19.7 Å². The molecule has 13 heavy (non-hydrogen) atoms. The molecule has 3 heteroatoms. The summed E-state index contributed by atoms with van der Waals surface area (Å²) in [4.78, 5) is 0. The van der Waals surface area contributed by atoms with Gasteiger partial charge in [-0.2, -0.15) is 0 Å². The minimum Gasteiger partial charge on any atom is -0.382 e. The van der Waals surface area contributed by atoms with Crippen LogP contribution in [0.2, 0.25) is 0 Å². The molecule has 0 amide bonds. The molecule has 1 saturated heterocycles. The van der Waals surface area contributed by atoms with Crippen molar-refractivity contribution in [1.29, 1.82) is 0 Å². The first-order chi connectivity index (χ1) is 6.13. The number of ether oxygens (including phenoxy) is 2. The molecule has 3 nitrogen and oxygen atoms in total. The Morgan fingerprint density at radius 3 is 2.69 bits per heavy atom. The van der Waals surface area contributed by atoms with E-state index >= 15 is 0 Å². The normalized spacial score (nSPS) is 40.6. The Bertz CT molecular complexity index is 163. The topological polar surface area (TPSA) is 30.5 Å². The lowest BCUT2D eigenvalue weighted by Gasteiger charge is -2.42. The Kier molecular flexibility index (Phi) is 3.71. The quantitative estimate of drug-likeness (QED) is 0.719. The highest BCUT2D eigenvalue weighted by molar-refractivity contribution is 4.90. The van der Waals surface area contributed by atoms with Crippen molar-refractivity contribution in [3.05, 3.63) is 0 Å². The predicted molar refractivity (Wildman–Crippen MR) is 52.9 cm³/mol. The standard InChI is InChI=1S/C10H21NO2/c1-5-10(7-12-4)6-11-8(2)9(3)13-10/h8-9,11H,5-7H2,1-4H3. The molecule has 0 radical (unpaired) electrons. The highest BCUT2D eigenvalue weighted by atomic mass is 16.5. The molecule has 78 valence electrons. The van der Waals surface area contributed by atoms with Gasteiger partial charge in [-0.1, -0.05) is 6.92 Å². The van der Waals surface area contributed by atoms with E-state index in [1.165, 1.54) is 0 Å². The third-order valence-electron chi connectivity index (χ3n) is 2.94. The monoisotopic (exact) mass is 187 g/mol. The zero-order chi connectivity index (χ0) is 9.90. The number of hydrogen-bond acceptors (Lipinski definition) is 3. The smallest absolute Gasteiger partial charge is 0.104 e. The van der Waals surface area contributed by atoms with Crippen LogP contribution in [0.1, 0.15) is 27.2 Å². The van der Waals surface area contributed by atoms with Crippen molar-refractivity contribution < 1.29 is 9.47 Å². The molecule has 0 aliphatic carbocycles. The van der Waals surface area contributed by atoms with Gasteiger partial charge in [0.15, 0.2) is 0 Å². The first-order valence-corrected chi connectivity index (χ1v) is 5.03. The minimum atomic E-state index is -0.110. The lowest BCUT2D eigenvalue weighted by molar-refractivity contribution is -0.153. The lowest BCUT2D eigenvalue weighted by Crippen LogP contribution is -2.59. The van der Waals surface area contributed by atoms with E-state index in [0.29, 0.717) is 12.6 Å². The van der Waals surface area contributed by atoms with Crippen molar-refractivity contribution in [2.75, 3.05) is 20.3 Å². The minimum absolute atomic E-state index is 0.110. The Morgan fingerprint density at radius 1 is 1.54 bits per heavy atom. The molecule has 1 aliphatic heterocycles. The van der Waals surface area contributed by atoms with Crippen LogP contribution in [0.15, 0.2) is 0 Å². The van der Waals surface area contributed by atoms with Crippen molar-refractivity contribution in [3.8, 4) is 0 Å². The summed E-state index contributed by atoms with van der Waals surface area (Å²) in [6, 6.07) is 0.441. The van der Waals surface area contributed by atoms with Crippen LogP contribution in [0.25, 0.3) is 0 Å². The van der Waals surface area contributed by atoms with Crippen molar-refractivity contribution >= 4 is 0 Å². The molecule has 0 spiro atoms. The second-order valence-electron chi connectivity index (χ2n) is 3.96. The lowest BCUT2D eigenvalue weighted by atomic mass is 9.97. The largest absolute Gasteiger partial charge is 0.382 e. The number of methoxy groups -OCH3 is 1. The van der Waals surface area contributed by atoms with Crippen molar-refractivity contribution in [2.45, 2.75) is 44.9 Å². The van der Waals surface area contributed by atoms with Crippen LogP contribution < -0.4 is 5.32 Å². The van der Waals surface area contributed by atoms with Gasteiger partial charge in [0.05, 0.1) is 12.7 Å². The zero-order valence-corrected chi connectivity index (χ0v) is 9.09. The van der Waals surface area contributed by atoms with Crippen LogP contribution in [-0.2, 0) is 9.47 Å². The predicted octanol–water partition coefficient (Wildman–Crippen LogP) is 1.18.